The van der Waals surface area contributed by atoms with Crippen LogP contribution in [0.15, 0.2) is 73.4 Å². The van der Waals surface area contributed by atoms with Crippen molar-refractivity contribution in [2.24, 2.45) is 5.10 Å². The number of nitro benzene ring substituents is 1. The molecule has 3 aromatic carbocycles. The fraction of sp³-hybridized carbons (Fsp3) is 0.241. The van der Waals surface area contributed by atoms with Gasteiger partial charge < -0.3 is 10.1 Å². The highest BCUT2D eigenvalue weighted by molar-refractivity contribution is 9.10. The van der Waals surface area contributed by atoms with E-state index in [-0.39, 0.29) is 28.5 Å². The van der Waals surface area contributed by atoms with E-state index in [1.54, 1.807) is 42.5 Å². The summed E-state index contributed by atoms with van der Waals surface area (Å²) in [7, 11) is 0. The molecule has 42 heavy (non-hydrogen) atoms. The first kappa shape index (κ1) is 29.9. The Labute approximate surface area is 262 Å². The Hall–Kier alpha value is -3.61. The summed E-state index contributed by atoms with van der Waals surface area (Å²) in [6, 6.07) is 14.7. The number of nitrogens with zero attached hydrogens (tertiary/aromatic N) is 4. The summed E-state index contributed by atoms with van der Waals surface area (Å²) in [4.78, 5) is 42.4. The molecule has 1 N–H and O–H groups in total. The van der Waals surface area contributed by atoms with Crippen LogP contribution in [0.4, 0.5) is 11.4 Å². The van der Waals surface area contributed by atoms with Gasteiger partial charge in [0.15, 0.2) is 6.61 Å². The van der Waals surface area contributed by atoms with Crippen LogP contribution in [-0.2, 0) is 4.79 Å². The zero-order chi connectivity index (χ0) is 29.8. The fourth-order valence-corrected chi connectivity index (χ4v) is 5.83. The van der Waals surface area contributed by atoms with Gasteiger partial charge in [0.2, 0.25) is 5.75 Å². The van der Waals surface area contributed by atoms with Crippen molar-refractivity contribution in [2.45, 2.75) is 38.0 Å². The normalized spacial score (nSPS) is 13.9. The first-order valence-corrected chi connectivity index (χ1v) is 15.1. The molecule has 0 bridgehead atoms. The van der Waals surface area contributed by atoms with Crippen LogP contribution in [0.1, 0.15) is 49.4 Å². The zero-order valence-electron chi connectivity index (χ0n) is 22.1. The van der Waals surface area contributed by atoms with Gasteiger partial charge in [-0.25, -0.2) is 4.98 Å². The number of benzene rings is 3. The first-order valence-electron chi connectivity index (χ1n) is 13.1. The second kappa shape index (κ2) is 13.1. The van der Waals surface area contributed by atoms with Crippen molar-refractivity contribution >= 4 is 77.9 Å². The number of fused-ring (bicyclic) bond motifs is 1. The zero-order valence-corrected chi connectivity index (χ0v) is 26.0. The number of nitro groups is 1. The molecule has 1 aliphatic rings. The second-order valence-corrected chi connectivity index (χ2v) is 12.0. The van der Waals surface area contributed by atoms with E-state index < -0.39 is 17.4 Å². The van der Waals surface area contributed by atoms with Crippen LogP contribution in [0.25, 0.3) is 10.9 Å². The molecule has 1 fully saturated rings. The Morgan fingerprint density at radius 2 is 1.86 bits per heavy atom. The van der Waals surface area contributed by atoms with Gasteiger partial charge in [0.05, 0.1) is 22.0 Å². The smallest absolute Gasteiger partial charge is 0.312 e. The lowest BCUT2D eigenvalue weighted by atomic mass is 9.88. The number of hydrogen-bond acceptors (Lipinski definition) is 7. The van der Waals surface area contributed by atoms with Gasteiger partial charge in [-0.2, -0.15) is 9.78 Å². The van der Waals surface area contributed by atoms with Gasteiger partial charge in [-0.1, -0.05) is 62.7 Å². The van der Waals surface area contributed by atoms with Crippen LogP contribution in [0.5, 0.6) is 5.75 Å². The Bertz CT molecular complexity index is 1750. The van der Waals surface area contributed by atoms with Crippen molar-refractivity contribution in [1.29, 1.82) is 0 Å². The topological polar surface area (TPSA) is 129 Å². The SMILES string of the molecule is O=C(COc1c(C=Nn2c(C3CCCCC3)nc3ccc(Br)cc3c2=O)cc(Br)cc1[N+](=O)[O-])Nc1ccc(Cl)cc1. The quantitative estimate of drug-likeness (QED) is 0.115. The third-order valence-corrected chi connectivity index (χ3v) is 8.05. The molecule has 10 nitrogen and oxygen atoms in total. The van der Waals surface area contributed by atoms with Gasteiger partial charge in [-0.3, -0.25) is 19.7 Å². The first-order chi connectivity index (χ1) is 20.2. The molecule has 216 valence electrons. The predicted octanol–water partition coefficient (Wildman–Crippen LogP) is 7.43. The van der Waals surface area contributed by atoms with E-state index in [4.69, 9.17) is 21.3 Å². The number of amides is 1. The Kier molecular flexibility index (Phi) is 9.34. The van der Waals surface area contributed by atoms with Gasteiger partial charge in [-0.15, -0.1) is 0 Å². The highest BCUT2D eigenvalue weighted by atomic mass is 79.9. The summed E-state index contributed by atoms with van der Waals surface area (Å²) in [6.45, 7) is -0.509. The summed E-state index contributed by atoms with van der Waals surface area (Å²) >= 11 is 12.6. The Morgan fingerprint density at radius 3 is 2.57 bits per heavy atom. The van der Waals surface area contributed by atoms with Crippen molar-refractivity contribution in [2.75, 3.05) is 11.9 Å². The predicted molar refractivity (Wildman–Crippen MR) is 169 cm³/mol. The molecule has 0 saturated heterocycles. The minimum absolute atomic E-state index is 0.0424. The number of carbonyl (C=O) groups excluding carboxylic acids is 1. The molecule has 1 saturated carbocycles. The van der Waals surface area contributed by atoms with E-state index >= 15 is 0 Å². The van der Waals surface area contributed by atoms with Crippen molar-refractivity contribution in [3.05, 3.63) is 100 Å². The molecule has 1 amide bonds. The molecular weight excluding hydrogens is 694 g/mol. The summed E-state index contributed by atoms with van der Waals surface area (Å²) in [5.41, 5.74) is 0.540. The van der Waals surface area contributed by atoms with E-state index in [0.29, 0.717) is 31.9 Å². The number of nitrogens with one attached hydrogen (secondary N) is 1. The summed E-state index contributed by atoms with van der Waals surface area (Å²) < 4.78 is 8.09. The number of aromatic nitrogens is 2. The van der Waals surface area contributed by atoms with Crippen LogP contribution < -0.4 is 15.6 Å². The van der Waals surface area contributed by atoms with Crippen LogP contribution >= 0.6 is 43.5 Å². The second-order valence-electron chi connectivity index (χ2n) is 9.77. The molecule has 0 spiro atoms. The molecule has 4 aromatic rings. The van der Waals surface area contributed by atoms with Gasteiger partial charge in [-0.05, 0) is 61.4 Å². The van der Waals surface area contributed by atoms with Gasteiger partial charge in [0.25, 0.3) is 11.5 Å². The molecule has 0 radical (unpaired) electrons. The van der Waals surface area contributed by atoms with Crippen LogP contribution in [-0.4, -0.2) is 33.3 Å². The minimum Gasteiger partial charge on any atom is -0.476 e. The fourth-order valence-electron chi connectivity index (χ4n) is 4.88. The lowest BCUT2D eigenvalue weighted by Crippen LogP contribution is -2.25. The molecule has 1 heterocycles. The lowest BCUT2D eigenvalue weighted by molar-refractivity contribution is -0.385. The maximum atomic E-state index is 13.7. The number of ether oxygens (including phenoxy) is 1. The van der Waals surface area contributed by atoms with E-state index in [9.17, 15) is 19.7 Å². The maximum Gasteiger partial charge on any atom is 0.312 e. The summed E-state index contributed by atoms with van der Waals surface area (Å²) in [6.07, 6.45) is 6.25. The number of hydrogen-bond donors (Lipinski definition) is 1. The largest absolute Gasteiger partial charge is 0.476 e. The van der Waals surface area contributed by atoms with Crippen LogP contribution in [0.2, 0.25) is 5.02 Å². The monoisotopic (exact) mass is 715 g/mol. The highest BCUT2D eigenvalue weighted by Gasteiger charge is 2.24. The summed E-state index contributed by atoms with van der Waals surface area (Å²) in [5, 5.41) is 20.0. The van der Waals surface area contributed by atoms with Crippen molar-refractivity contribution in [3.63, 3.8) is 0 Å². The lowest BCUT2D eigenvalue weighted by Gasteiger charge is -2.22. The number of carbonyl (C=O) groups is 1. The highest BCUT2D eigenvalue weighted by Crippen LogP contribution is 2.35. The number of rotatable bonds is 8. The van der Waals surface area contributed by atoms with E-state index in [2.05, 4.69) is 42.3 Å². The average molecular weight is 718 g/mol. The van der Waals surface area contributed by atoms with E-state index in [0.717, 1.165) is 36.6 Å². The summed E-state index contributed by atoms with van der Waals surface area (Å²) in [5.74, 6) is -0.111. The van der Waals surface area contributed by atoms with Crippen molar-refractivity contribution in [1.82, 2.24) is 9.66 Å². The number of halogens is 3. The molecular formula is C29H24Br2ClN5O5. The Morgan fingerprint density at radius 1 is 1.12 bits per heavy atom. The van der Waals surface area contributed by atoms with Gasteiger partial charge in [0, 0.05) is 37.2 Å². The molecule has 1 aromatic heterocycles. The van der Waals surface area contributed by atoms with Gasteiger partial charge in [0.1, 0.15) is 5.82 Å². The third kappa shape index (κ3) is 6.88. The van der Waals surface area contributed by atoms with Crippen LogP contribution in [0.3, 0.4) is 0 Å². The van der Waals surface area contributed by atoms with Crippen LogP contribution in [0, 0.1) is 10.1 Å². The molecule has 1 aliphatic carbocycles. The molecule has 0 aliphatic heterocycles. The van der Waals surface area contributed by atoms with Crippen molar-refractivity contribution in [3.8, 4) is 5.75 Å². The molecule has 0 unspecified atom stereocenters. The molecule has 0 atom stereocenters. The van der Waals surface area contributed by atoms with E-state index in [1.807, 2.05) is 6.07 Å². The molecule has 13 heteroatoms. The van der Waals surface area contributed by atoms with Gasteiger partial charge >= 0.3 is 5.69 Å². The minimum atomic E-state index is -0.608. The van der Waals surface area contributed by atoms with E-state index in [1.165, 1.54) is 17.0 Å². The number of anilines is 1. The third-order valence-electron chi connectivity index (χ3n) is 6.85. The standard InChI is InChI=1S/C29H24Br2ClN5O5/c30-19-6-11-24-23(13-19)29(39)36(28(35-24)17-4-2-1-3-5-17)33-15-18-12-20(31)14-25(37(40)41)27(18)42-16-26(38)34-22-9-7-21(32)8-10-22/h6-15,17H,1-5,16H2,(H,34,38). The maximum absolute atomic E-state index is 13.7. The van der Waals surface area contributed by atoms with Crippen molar-refractivity contribution < 1.29 is 14.5 Å². The Balaban J connectivity index is 1.53. The molecule has 5 rings (SSSR count). The average Bonchev–Trinajstić information content (AvgIpc) is 2.97.